The molecule has 7 heteroatoms. The van der Waals surface area contributed by atoms with E-state index in [0.29, 0.717) is 19.6 Å². The maximum atomic E-state index is 11.8. The Balaban J connectivity index is 2.25. The first-order valence-corrected chi connectivity index (χ1v) is 6.51. The van der Waals surface area contributed by atoms with Gasteiger partial charge in [0.25, 0.3) is 0 Å². The smallest absolute Gasteiger partial charge is 0.410 e. The van der Waals surface area contributed by atoms with Crippen molar-refractivity contribution in [2.24, 2.45) is 5.73 Å². The third-order valence-corrected chi connectivity index (χ3v) is 2.75. The second kappa shape index (κ2) is 6.60. The highest BCUT2D eigenvalue weighted by molar-refractivity contribution is 5.71. The van der Waals surface area contributed by atoms with Gasteiger partial charge in [0.2, 0.25) is 0 Å². The number of amides is 3. The molecule has 1 heterocycles. The summed E-state index contributed by atoms with van der Waals surface area (Å²) >= 11 is 0. The Kier molecular flexibility index (Phi) is 5.41. The molecule has 1 aliphatic rings. The lowest BCUT2D eigenvalue weighted by Crippen LogP contribution is -2.51. The van der Waals surface area contributed by atoms with Crippen LogP contribution in [0.1, 0.15) is 20.8 Å². The van der Waals surface area contributed by atoms with Crippen LogP contribution in [0.15, 0.2) is 0 Å². The van der Waals surface area contributed by atoms with Crippen molar-refractivity contribution in [1.82, 2.24) is 15.1 Å². The fourth-order valence-electron chi connectivity index (χ4n) is 1.82. The van der Waals surface area contributed by atoms with Gasteiger partial charge in [-0.3, -0.25) is 4.90 Å². The Hall–Kier alpha value is -1.50. The van der Waals surface area contributed by atoms with Crippen LogP contribution in [0.5, 0.6) is 0 Å². The van der Waals surface area contributed by atoms with Crippen molar-refractivity contribution >= 4 is 12.1 Å². The first-order valence-electron chi connectivity index (χ1n) is 6.51. The molecule has 0 atom stereocenters. The standard InChI is InChI=1S/C12H24N4O3/c1-12(2,3)19-11(18)16-8-6-15(7-9-16)5-4-14-10(13)17/h4-9H2,1-3H3,(H3,13,14,17). The van der Waals surface area contributed by atoms with Gasteiger partial charge < -0.3 is 20.7 Å². The largest absolute Gasteiger partial charge is 0.444 e. The first-order chi connectivity index (χ1) is 8.78. The monoisotopic (exact) mass is 272 g/mol. The van der Waals surface area contributed by atoms with Crippen LogP contribution in [0.3, 0.4) is 0 Å². The summed E-state index contributed by atoms with van der Waals surface area (Å²) in [6.45, 7) is 9.69. The molecule has 3 N–H and O–H groups in total. The zero-order valence-corrected chi connectivity index (χ0v) is 11.9. The molecular formula is C12H24N4O3. The Morgan fingerprint density at radius 3 is 2.26 bits per heavy atom. The Morgan fingerprint density at radius 1 is 1.21 bits per heavy atom. The van der Waals surface area contributed by atoms with Crippen molar-refractivity contribution in [3.05, 3.63) is 0 Å². The molecule has 0 aliphatic carbocycles. The van der Waals surface area contributed by atoms with Crippen molar-refractivity contribution in [1.29, 1.82) is 0 Å². The summed E-state index contributed by atoms with van der Waals surface area (Å²) in [6.07, 6.45) is -0.262. The molecule has 1 aliphatic heterocycles. The summed E-state index contributed by atoms with van der Waals surface area (Å²) in [6, 6.07) is -0.507. The highest BCUT2D eigenvalue weighted by Crippen LogP contribution is 2.11. The Bertz CT molecular complexity index is 319. The number of nitrogens with one attached hydrogen (secondary N) is 1. The van der Waals surface area contributed by atoms with Crippen molar-refractivity contribution in [2.75, 3.05) is 39.3 Å². The molecule has 0 aromatic carbocycles. The molecule has 1 rings (SSSR count). The Labute approximate surface area is 114 Å². The second-order valence-electron chi connectivity index (χ2n) is 5.60. The van der Waals surface area contributed by atoms with E-state index in [9.17, 15) is 9.59 Å². The molecule has 0 aromatic heterocycles. The minimum Gasteiger partial charge on any atom is -0.444 e. The zero-order chi connectivity index (χ0) is 14.5. The van der Waals surface area contributed by atoms with Gasteiger partial charge in [-0.05, 0) is 20.8 Å². The number of nitrogens with zero attached hydrogens (tertiary/aromatic N) is 2. The van der Waals surface area contributed by atoms with Gasteiger partial charge in [0.15, 0.2) is 0 Å². The van der Waals surface area contributed by atoms with Crippen LogP contribution in [0.4, 0.5) is 9.59 Å². The zero-order valence-electron chi connectivity index (χ0n) is 11.9. The lowest BCUT2D eigenvalue weighted by Gasteiger charge is -2.35. The normalized spacial score (nSPS) is 17.1. The number of carbonyl (C=O) groups excluding carboxylic acids is 2. The lowest BCUT2D eigenvalue weighted by atomic mass is 10.2. The van der Waals surface area contributed by atoms with Crippen LogP contribution >= 0.6 is 0 Å². The number of urea groups is 1. The minimum atomic E-state index is -0.507. The highest BCUT2D eigenvalue weighted by atomic mass is 16.6. The molecule has 0 saturated carbocycles. The fraction of sp³-hybridized carbons (Fsp3) is 0.833. The topological polar surface area (TPSA) is 87.9 Å². The number of hydrogen-bond donors (Lipinski definition) is 2. The quantitative estimate of drug-likeness (QED) is 0.768. The van der Waals surface area contributed by atoms with Crippen LogP contribution < -0.4 is 11.1 Å². The van der Waals surface area contributed by atoms with Crippen LogP contribution in [0, 0.1) is 0 Å². The maximum Gasteiger partial charge on any atom is 0.410 e. The van der Waals surface area contributed by atoms with Gasteiger partial charge in [-0.1, -0.05) is 0 Å². The number of nitrogens with two attached hydrogens (primary N) is 1. The predicted molar refractivity (Wildman–Crippen MR) is 71.8 cm³/mol. The van der Waals surface area contributed by atoms with E-state index < -0.39 is 11.6 Å². The highest BCUT2D eigenvalue weighted by Gasteiger charge is 2.25. The van der Waals surface area contributed by atoms with E-state index in [1.165, 1.54) is 0 Å². The molecular weight excluding hydrogens is 248 g/mol. The molecule has 7 nitrogen and oxygen atoms in total. The number of rotatable bonds is 3. The van der Waals surface area contributed by atoms with Gasteiger partial charge in [0.05, 0.1) is 0 Å². The Morgan fingerprint density at radius 2 is 1.79 bits per heavy atom. The molecule has 0 radical (unpaired) electrons. The maximum absolute atomic E-state index is 11.8. The van der Waals surface area contributed by atoms with Crippen molar-refractivity contribution in [3.8, 4) is 0 Å². The number of piperazine rings is 1. The third-order valence-electron chi connectivity index (χ3n) is 2.75. The summed E-state index contributed by atoms with van der Waals surface area (Å²) in [5, 5.41) is 2.55. The summed E-state index contributed by atoms with van der Waals surface area (Å²) in [7, 11) is 0. The number of ether oxygens (including phenoxy) is 1. The van der Waals surface area contributed by atoms with E-state index in [0.717, 1.165) is 19.6 Å². The van der Waals surface area contributed by atoms with E-state index in [-0.39, 0.29) is 6.09 Å². The van der Waals surface area contributed by atoms with Crippen LogP contribution in [0.2, 0.25) is 0 Å². The van der Waals surface area contributed by atoms with E-state index in [1.54, 1.807) is 4.90 Å². The number of carbonyl (C=O) groups is 2. The summed E-state index contributed by atoms with van der Waals surface area (Å²) < 4.78 is 5.32. The summed E-state index contributed by atoms with van der Waals surface area (Å²) in [4.78, 5) is 26.3. The lowest BCUT2D eigenvalue weighted by molar-refractivity contribution is 0.0147. The van der Waals surface area contributed by atoms with Crippen LogP contribution in [-0.2, 0) is 4.74 Å². The number of primary amides is 1. The van der Waals surface area contributed by atoms with Gasteiger partial charge in [-0.25, -0.2) is 9.59 Å². The molecule has 1 fully saturated rings. The van der Waals surface area contributed by atoms with Crippen molar-refractivity contribution in [2.45, 2.75) is 26.4 Å². The first kappa shape index (κ1) is 15.6. The molecule has 0 bridgehead atoms. The van der Waals surface area contributed by atoms with E-state index in [4.69, 9.17) is 10.5 Å². The third kappa shape index (κ3) is 6.28. The fourth-order valence-corrected chi connectivity index (χ4v) is 1.82. The van der Waals surface area contributed by atoms with Crippen molar-refractivity contribution in [3.63, 3.8) is 0 Å². The predicted octanol–water partition coefficient (Wildman–Crippen LogP) is 0.207. The molecule has 110 valence electrons. The molecule has 1 saturated heterocycles. The molecule has 0 spiro atoms. The van der Waals surface area contributed by atoms with Crippen LogP contribution in [-0.4, -0.2) is 66.8 Å². The van der Waals surface area contributed by atoms with Gasteiger partial charge in [-0.2, -0.15) is 0 Å². The minimum absolute atomic E-state index is 0.262. The molecule has 0 unspecified atom stereocenters. The average molecular weight is 272 g/mol. The summed E-state index contributed by atoms with van der Waals surface area (Å²) in [5.74, 6) is 0. The SMILES string of the molecule is CC(C)(C)OC(=O)N1CCN(CCNC(N)=O)CC1. The van der Waals surface area contributed by atoms with E-state index >= 15 is 0 Å². The summed E-state index contributed by atoms with van der Waals surface area (Å²) in [5.41, 5.74) is 4.53. The van der Waals surface area contributed by atoms with Gasteiger partial charge in [-0.15, -0.1) is 0 Å². The second-order valence-corrected chi connectivity index (χ2v) is 5.60. The molecule has 0 aromatic rings. The van der Waals surface area contributed by atoms with Crippen LogP contribution in [0.25, 0.3) is 0 Å². The molecule has 19 heavy (non-hydrogen) atoms. The average Bonchev–Trinajstić information content (AvgIpc) is 2.27. The van der Waals surface area contributed by atoms with Gasteiger partial charge in [0.1, 0.15) is 5.60 Å². The number of hydrogen-bond acceptors (Lipinski definition) is 4. The molecule has 3 amide bonds. The van der Waals surface area contributed by atoms with E-state index in [1.807, 2.05) is 20.8 Å². The van der Waals surface area contributed by atoms with E-state index in [2.05, 4.69) is 10.2 Å². The van der Waals surface area contributed by atoms with Gasteiger partial charge in [0, 0.05) is 39.3 Å². The van der Waals surface area contributed by atoms with Gasteiger partial charge >= 0.3 is 12.1 Å². The van der Waals surface area contributed by atoms with Crippen molar-refractivity contribution < 1.29 is 14.3 Å².